The summed E-state index contributed by atoms with van der Waals surface area (Å²) in [5.41, 5.74) is 8.31. The van der Waals surface area contributed by atoms with Crippen molar-refractivity contribution in [3.63, 3.8) is 0 Å². The summed E-state index contributed by atoms with van der Waals surface area (Å²) in [5, 5.41) is 0. The standard InChI is InChI=1S/C11H16.2C10H15N/c1-9-5-7-10(8-6-9)11(2,3)4;1-8-7-9(5-6-11-8)10(2,3)4;1-8-5-6-9(7-11-8)10(2,3)4/h5-8H,1-4H3;2*5-7H,1-4H3. The lowest BCUT2D eigenvalue weighted by molar-refractivity contribution is 0.587. The van der Waals surface area contributed by atoms with E-state index in [-0.39, 0.29) is 16.2 Å². The normalized spacial score (nSPS) is 11.6. The van der Waals surface area contributed by atoms with Gasteiger partial charge in [0, 0.05) is 23.8 Å². The maximum atomic E-state index is 4.25. The van der Waals surface area contributed by atoms with Crippen molar-refractivity contribution in [3.05, 3.63) is 94.6 Å². The quantitative estimate of drug-likeness (QED) is 0.345. The Morgan fingerprint density at radius 2 is 0.970 bits per heavy atom. The van der Waals surface area contributed by atoms with Crippen LogP contribution in [-0.4, -0.2) is 9.97 Å². The molecular formula is C31H46N2. The Hall–Kier alpha value is -2.48. The first-order valence-corrected chi connectivity index (χ1v) is 11.9. The summed E-state index contributed by atoms with van der Waals surface area (Å²) >= 11 is 0. The van der Waals surface area contributed by atoms with Crippen molar-refractivity contribution >= 4 is 0 Å². The highest BCUT2D eigenvalue weighted by molar-refractivity contribution is 5.26. The molecule has 1 aromatic carbocycles. The molecule has 0 amide bonds. The van der Waals surface area contributed by atoms with E-state index in [1.807, 2.05) is 26.2 Å². The molecule has 0 atom stereocenters. The summed E-state index contributed by atoms with van der Waals surface area (Å²) in [6.45, 7) is 26.1. The first kappa shape index (κ1) is 28.6. The van der Waals surface area contributed by atoms with E-state index >= 15 is 0 Å². The van der Waals surface area contributed by atoms with Crippen LogP contribution in [0.2, 0.25) is 0 Å². The number of hydrogen-bond acceptors (Lipinski definition) is 2. The summed E-state index contributed by atoms with van der Waals surface area (Å²) in [6.07, 6.45) is 3.82. The molecule has 2 heterocycles. The Morgan fingerprint density at radius 1 is 0.485 bits per heavy atom. The fourth-order valence-corrected chi connectivity index (χ4v) is 2.98. The van der Waals surface area contributed by atoms with Gasteiger partial charge in [0.1, 0.15) is 0 Å². The molecule has 0 radical (unpaired) electrons. The van der Waals surface area contributed by atoms with Gasteiger partial charge in [0.25, 0.3) is 0 Å². The first-order valence-electron chi connectivity index (χ1n) is 11.9. The molecule has 2 nitrogen and oxygen atoms in total. The zero-order chi connectivity index (χ0) is 25.4. The van der Waals surface area contributed by atoms with Crippen LogP contribution in [0.1, 0.15) is 96.0 Å². The molecule has 2 aromatic heterocycles. The maximum Gasteiger partial charge on any atom is 0.0375 e. The van der Waals surface area contributed by atoms with Crippen LogP contribution in [0.25, 0.3) is 0 Å². The van der Waals surface area contributed by atoms with Gasteiger partial charge in [-0.3, -0.25) is 9.97 Å². The van der Waals surface area contributed by atoms with Gasteiger partial charge in [-0.2, -0.15) is 0 Å². The van der Waals surface area contributed by atoms with Crippen molar-refractivity contribution in [2.24, 2.45) is 0 Å². The summed E-state index contributed by atoms with van der Waals surface area (Å²) in [5.74, 6) is 0. The average molecular weight is 447 g/mol. The molecule has 0 bridgehead atoms. The molecule has 0 saturated carbocycles. The second-order valence-corrected chi connectivity index (χ2v) is 12.0. The number of aromatic nitrogens is 2. The number of pyridine rings is 2. The van der Waals surface area contributed by atoms with Crippen molar-refractivity contribution in [1.29, 1.82) is 0 Å². The second-order valence-electron chi connectivity index (χ2n) is 12.0. The van der Waals surface area contributed by atoms with Gasteiger partial charge in [-0.1, -0.05) is 98.2 Å². The molecule has 0 spiro atoms. The summed E-state index contributed by atoms with van der Waals surface area (Å²) in [4.78, 5) is 8.40. The largest absolute Gasteiger partial charge is 0.262 e. The lowest BCUT2D eigenvalue weighted by atomic mass is 9.87. The zero-order valence-electron chi connectivity index (χ0n) is 23.2. The Bertz CT molecular complexity index is 906. The molecule has 0 unspecified atom stereocenters. The number of hydrogen-bond donors (Lipinski definition) is 0. The van der Waals surface area contributed by atoms with E-state index in [9.17, 15) is 0 Å². The van der Waals surface area contributed by atoms with Crippen molar-refractivity contribution in [1.82, 2.24) is 9.97 Å². The van der Waals surface area contributed by atoms with Gasteiger partial charge in [0.15, 0.2) is 0 Å². The minimum Gasteiger partial charge on any atom is -0.262 e. The van der Waals surface area contributed by atoms with Crippen LogP contribution in [0.4, 0.5) is 0 Å². The van der Waals surface area contributed by atoms with Crippen LogP contribution in [0.15, 0.2) is 60.9 Å². The molecule has 0 aliphatic rings. The third-order valence-corrected chi connectivity index (χ3v) is 5.46. The van der Waals surface area contributed by atoms with Crippen LogP contribution in [-0.2, 0) is 16.2 Å². The Morgan fingerprint density at radius 3 is 1.33 bits per heavy atom. The summed E-state index contributed by atoms with van der Waals surface area (Å²) in [6, 6.07) is 17.2. The molecule has 0 fully saturated rings. The first-order chi connectivity index (χ1) is 15.0. The van der Waals surface area contributed by atoms with Gasteiger partial charge in [0.2, 0.25) is 0 Å². The third-order valence-electron chi connectivity index (χ3n) is 5.46. The molecule has 0 aliphatic carbocycles. The van der Waals surface area contributed by atoms with Crippen molar-refractivity contribution < 1.29 is 0 Å². The van der Waals surface area contributed by atoms with E-state index in [0.29, 0.717) is 0 Å². The van der Waals surface area contributed by atoms with E-state index in [2.05, 4.69) is 128 Å². The zero-order valence-corrected chi connectivity index (χ0v) is 23.2. The van der Waals surface area contributed by atoms with Crippen LogP contribution < -0.4 is 0 Å². The smallest absolute Gasteiger partial charge is 0.0375 e. The van der Waals surface area contributed by atoms with Gasteiger partial charge >= 0.3 is 0 Å². The minimum atomic E-state index is 0.223. The predicted octanol–water partition coefficient (Wildman–Crippen LogP) is 8.67. The van der Waals surface area contributed by atoms with Crippen LogP contribution in [0.3, 0.4) is 0 Å². The summed E-state index contributed by atoms with van der Waals surface area (Å²) < 4.78 is 0. The highest BCUT2D eigenvalue weighted by Crippen LogP contribution is 2.23. The van der Waals surface area contributed by atoms with E-state index in [0.717, 1.165) is 11.4 Å². The van der Waals surface area contributed by atoms with Gasteiger partial charge in [-0.25, -0.2) is 0 Å². The third kappa shape index (κ3) is 10.8. The monoisotopic (exact) mass is 446 g/mol. The maximum absolute atomic E-state index is 4.25. The number of aryl methyl sites for hydroxylation is 3. The fraction of sp³-hybridized carbons (Fsp3) is 0.484. The number of rotatable bonds is 0. The fourth-order valence-electron chi connectivity index (χ4n) is 2.98. The molecule has 0 N–H and O–H groups in total. The SMILES string of the molecule is Cc1cc(C(C)(C)C)ccn1.Cc1ccc(C(C)(C)C)cc1.Cc1ccc(C(C)(C)C)cn1. The lowest BCUT2D eigenvalue weighted by Gasteiger charge is -2.18. The van der Waals surface area contributed by atoms with Crippen molar-refractivity contribution in [3.8, 4) is 0 Å². The average Bonchev–Trinajstić information content (AvgIpc) is 2.68. The Balaban J connectivity index is 0.000000247. The predicted molar refractivity (Wildman–Crippen MR) is 145 cm³/mol. The van der Waals surface area contributed by atoms with E-state index in [1.54, 1.807) is 0 Å². The van der Waals surface area contributed by atoms with Gasteiger partial charge in [-0.05, 0) is 71.9 Å². The van der Waals surface area contributed by atoms with E-state index in [1.165, 1.54) is 22.3 Å². The Labute approximate surface area is 203 Å². The molecule has 3 rings (SSSR count). The molecule has 180 valence electrons. The van der Waals surface area contributed by atoms with Gasteiger partial charge in [-0.15, -0.1) is 0 Å². The Kier molecular flexibility index (Phi) is 10.0. The second kappa shape index (κ2) is 11.6. The van der Waals surface area contributed by atoms with E-state index < -0.39 is 0 Å². The molecule has 3 aromatic rings. The van der Waals surface area contributed by atoms with Gasteiger partial charge in [0.05, 0.1) is 0 Å². The topological polar surface area (TPSA) is 25.8 Å². The number of benzene rings is 1. The lowest BCUT2D eigenvalue weighted by Crippen LogP contribution is -2.11. The van der Waals surface area contributed by atoms with Crippen LogP contribution >= 0.6 is 0 Å². The van der Waals surface area contributed by atoms with E-state index in [4.69, 9.17) is 0 Å². The minimum absolute atomic E-state index is 0.223. The van der Waals surface area contributed by atoms with Crippen LogP contribution in [0, 0.1) is 20.8 Å². The molecule has 33 heavy (non-hydrogen) atoms. The highest BCUT2D eigenvalue weighted by Gasteiger charge is 2.14. The van der Waals surface area contributed by atoms with Crippen molar-refractivity contribution in [2.45, 2.75) is 99.3 Å². The van der Waals surface area contributed by atoms with Crippen molar-refractivity contribution in [2.75, 3.05) is 0 Å². The molecule has 0 aliphatic heterocycles. The molecule has 2 heteroatoms. The highest BCUT2D eigenvalue weighted by atomic mass is 14.7. The molecular weight excluding hydrogens is 400 g/mol. The molecule has 0 saturated heterocycles. The summed E-state index contributed by atoms with van der Waals surface area (Å²) in [7, 11) is 0. The van der Waals surface area contributed by atoms with Crippen LogP contribution in [0.5, 0.6) is 0 Å². The number of nitrogens with zero attached hydrogens (tertiary/aromatic N) is 2. The van der Waals surface area contributed by atoms with Gasteiger partial charge < -0.3 is 0 Å².